The van der Waals surface area contributed by atoms with Crippen LogP contribution < -0.4 is 10.6 Å². The quantitative estimate of drug-likeness (QED) is 0.155. The molecule has 8 heteroatoms. The largest absolute Gasteiger partial charge is 0.357 e. The Morgan fingerprint density at radius 3 is 2.32 bits per heavy atom. The summed E-state index contributed by atoms with van der Waals surface area (Å²) in [5.74, 6) is 1.66. The van der Waals surface area contributed by atoms with Crippen molar-refractivity contribution in [3.05, 3.63) is 35.4 Å². The Labute approximate surface area is 189 Å². The lowest BCUT2D eigenvalue weighted by atomic mass is 10.1. The highest BCUT2D eigenvalue weighted by Crippen LogP contribution is 2.22. The van der Waals surface area contributed by atoms with Crippen molar-refractivity contribution in [2.24, 2.45) is 4.99 Å². The number of fused-ring (bicyclic) bond motifs is 1. The fraction of sp³-hybridized carbons (Fsp3) is 0.550. The third kappa shape index (κ3) is 7.27. The summed E-state index contributed by atoms with van der Waals surface area (Å²) >= 11 is 1.87. The van der Waals surface area contributed by atoms with Crippen LogP contribution in [0.25, 0.3) is 0 Å². The van der Waals surface area contributed by atoms with Crippen molar-refractivity contribution in [1.82, 2.24) is 15.5 Å². The monoisotopic (exact) mass is 518 g/mol. The van der Waals surface area contributed by atoms with E-state index in [1.165, 1.54) is 17.1 Å². The second-order valence-corrected chi connectivity index (χ2v) is 7.39. The fourth-order valence-electron chi connectivity index (χ4n) is 2.93. The second-order valence-electron chi connectivity index (χ2n) is 6.40. The molecule has 1 heterocycles. The molecule has 0 bridgehead atoms. The van der Waals surface area contributed by atoms with Gasteiger partial charge >= 0.3 is 0 Å². The minimum atomic E-state index is -0.177. The topological polar surface area (TPSA) is 73.8 Å². The van der Waals surface area contributed by atoms with E-state index in [0.717, 1.165) is 44.9 Å². The van der Waals surface area contributed by atoms with Crippen LogP contribution in [0.15, 0.2) is 29.3 Å². The van der Waals surface area contributed by atoms with E-state index in [0.29, 0.717) is 17.7 Å². The highest BCUT2D eigenvalue weighted by molar-refractivity contribution is 14.0. The van der Waals surface area contributed by atoms with Crippen LogP contribution in [-0.2, 0) is 0 Å². The maximum atomic E-state index is 12.3. The predicted molar refractivity (Wildman–Crippen MR) is 128 cm³/mol. The number of amides is 2. The van der Waals surface area contributed by atoms with Gasteiger partial charge in [-0.1, -0.05) is 12.1 Å². The average molecular weight is 518 g/mol. The van der Waals surface area contributed by atoms with Crippen molar-refractivity contribution >= 4 is 53.5 Å². The Hall–Kier alpha value is -1.29. The van der Waals surface area contributed by atoms with Gasteiger partial charge in [0, 0.05) is 26.2 Å². The van der Waals surface area contributed by atoms with E-state index in [4.69, 9.17) is 0 Å². The molecule has 1 aromatic rings. The maximum absolute atomic E-state index is 12.3. The number of halogens is 1. The van der Waals surface area contributed by atoms with Crippen molar-refractivity contribution in [3.63, 3.8) is 0 Å². The molecular weight excluding hydrogens is 487 g/mol. The number of thioether (sulfide) groups is 1. The molecule has 1 aromatic carbocycles. The molecule has 156 valence electrons. The summed E-state index contributed by atoms with van der Waals surface area (Å²) in [4.78, 5) is 30.6. The molecule has 0 fully saturated rings. The van der Waals surface area contributed by atoms with Gasteiger partial charge in [0.15, 0.2) is 5.96 Å². The highest BCUT2D eigenvalue weighted by Gasteiger charge is 2.34. The van der Waals surface area contributed by atoms with Crippen LogP contribution in [0.2, 0.25) is 0 Å². The van der Waals surface area contributed by atoms with E-state index < -0.39 is 0 Å². The zero-order chi connectivity index (χ0) is 19.5. The molecule has 1 aliphatic rings. The molecule has 0 aromatic heterocycles. The lowest BCUT2D eigenvalue weighted by molar-refractivity contribution is 0.0652. The predicted octanol–water partition coefficient (Wildman–Crippen LogP) is 3.38. The average Bonchev–Trinajstić information content (AvgIpc) is 2.92. The lowest BCUT2D eigenvalue weighted by Gasteiger charge is -2.14. The number of carbonyl (C=O) groups is 2. The van der Waals surface area contributed by atoms with Crippen LogP contribution in [-0.4, -0.2) is 60.9 Å². The zero-order valence-electron chi connectivity index (χ0n) is 16.7. The van der Waals surface area contributed by atoms with Gasteiger partial charge in [0.1, 0.15) is 0 Å². The summed E-state index contributed by atoms with van der Waals surface area (Å²) in [5.41, 5.74) is 1.03. The maximum Gasteiger partial charge on any atom is 0.261 e. The Balaban J connectivity index is 0.00000392. The molecular formula is C20H31IN4O2S. The van der Waals surface area contributed by atoms with Gasteiger partial charge in [0.2, 0.25) is 0 Å². The second kappa shape index (κ2) is 13.8. The van der Waals surface area contributed by atoms with Crippen LogP contribution in [0.1, 0.15) is 53.3 Å². The Morgan fingerprint density at radius 2 is 1.71 bits per heavy atom. The molecule has 0 saturated heterocycles. The Bertz CT molecular complexity index is 634. The number of aliphatic imine (C=N–C) groups is 1. The standard InChI is InChI=1S/C20H30N4O2S.HI/c1-3-21-20(23-13-7-9-15-27-2)22-12-6-8-14-24-18(25)16-10-4-5-11-17(16)19(24)26;/h4-5,10-11H,3,6-9,12-15H2,1-2H3,(H2,21,22,23);1H. The molecule has 0 unspecified atom stereocenters. The van der Waals surface area contributed by atoms with Crippen LogP contribution in [0, 0.1) is 0 Å². The van der Waals surface area contributed by atoms with Gasteiger partial charge in [0.05, 0.1) is 11.1 Å². The number of nitrogens with one attached hydrogen (secondary N) is 2. The number of hydrogen-bond donors (Lipinski definition) is 2. The summed E-state index contributed by atoms with van der Waals surface area (Å²) in [5, 5.41) is 6.57. The van der Waals surface area contributed by atoms with Gasteiger partial charge in [-0.2, -0.15) is 11.8 Å². The Kier molecular flexibility index (Phi) is 12.2. The molecule has 0 aliphatic carbocycles. The number of benzene rings is 1. The molecule has 0 saturated carbocycles. The number of unbranched alkanes of at least 4 members (excludes halogenated alkanes) is 2. The van der Waals surface area contributed by atoms with E-state index in [9.17, 15) is 9.59 Å². The molecule has 2 amide bonds. The van der Waals surface area contributed by atoms with Crippen molar-refractivity contribution in [3.8, 4) is 0 Å². The normalized spacial score (nSPS) is 13.4. The number of carbonyl (C=O) groups excluding carboxylic acids is 2. The first kappa shape index (κ1) is 24.7. The van der Waals surface area contributed by atoms with Crippen LogP contribution >= 0.6 is 35.7 Å². The van der Waals surface area contributed by atoms with Crippen molar-refractivity contribution in [2.45, 2.75) is 32.6 Å². The van der Waals surface area contributed by atoms with Crippen LogP contribution in [0.3, 0.4) is 0 Å². The SMILES string of the molecule is CCNC(=NCCCCSC)NCCCCN1C(=O)c2ccccc2C1=O.I. The van der Waals surface area contributed by atoms with Gasteiger partial charge in [-0.05, 0) is 56.7 Å². The minimum Gasteiger partial charge on any atom is -0.357 e. The molecule has 1 aliphatic heterocycles. The number of nitrogens with zero attached hydrogens (tertiary/aromatic N) is 2. The summed E-state index contributed by atoms with van der Waals surface area (Å²) in [6, 6.07) is 7.02. The van der Waals surface area contributed by atoms with Gasteiger partial charge in [0.25, 0.3) is 11.8 Å². The zero-order valence-corrected chi connectivity index (χ0v) is 19.8. The molecule has 0 radical (unpaired) electrons. The molecule has 0 spiro atoms. The van der Waals surface area contributed by atoms with E-state index in [-0.39, 0.29) is 35.8 Å². The number of rotatable bonds is 11. The van der Waals surface area contributed by atoms with Gasteiger partial charge < -0.3 is 10.6 Å². The number of guanidine groups is 1. The molecule has 0 atom stereocenters. The Morgan fingerprint density at radius 1 is 1.04 bits per heavy atom. The van der Waals surface area contributed by atoms with Gasteiger partial charge in [-0.3, -0.25) is 19.5 Å². The smallest absolute Gasteiger partial charge is 0.261 e. The van der Waals surface area contributed by atoms with Crippen LogP contribution in [0.5, 0.6) is 0 Å². The third-order valence-electron chi connectivity index (χ3n) is 4.35. The number of imide groups is 1. The first-order valence-corrected chi connectivity index (χ1v) is 11.0. The first-order chi connectivity index (χ1) is 13.2. The van der Waals surface area contributed by atoms with Crippen molar-refractivity contribution in [2.75, 3.05) is 38.2 Å². The molecule has 28 heavy (non-hydrogen) atoms. The minimum absolute atomic E-state index is 0. The molecule has 2 N–H and O–H groups in total. The summed E-state index contributed by atoms with van der Waals surface area (Å²) in [7, 11) is 0. The molecule has 2 rings (SSSR count). The van der Waals surface area contributed by atoms with Crippen LogP contribution in [0.4, 0.5) is 0 Å². The third-order valence-corrected chi connectivity index (χ3v) is 5.05. The van der Waals surface area contributed by atoms with E-state index in [1.807, 2.05) is 18.7 Å². The van der Waals surface area contributed by atoms with Gasteiger partial charge in [-0.15, -0.1) is 24.0 Å². The van der Waals surface area contributed by atoms with Crippen molar-refractivity contribution < 1.29 is 9.59 Å². The summed E-state index contributed by atoms with van der Waals surface area (Å²) < 4.78 is 0. The fourth-order valence-corrected chi connectivity index (χ4v) is 3.43. The van der Waals surface area contributed by atoms with E-state index in [2.05, 4.69) is 21.9 Å². The van der Waals surface area contributed by atoms with Gasteiger partial charge in [-0.25, -0.2) is 0 Å². The lowest BCUT2D eigenvalue weighted by Crippen LogP contribution is -2.38. The summed E-state index contributed by atoms with van der Waals surface area (Å²) in [6.45, 7) is 4.92. The summed E-state index contributed by atoms with van der Waals surface area (Å²) in [6.07, 6.45) is 6.04. The molecule has 6 nitrogen and oxygen atoms in total. The first-order valence-electron chi connectivity index (χ1n) is 9.65. The number of hydrogen-bond acceptors (Lipinski definition) is 4. The van der Waals surface area contributed by atoms with E-state index >= 15 is 0 Å². The van der Waals surface area contributed by atoms with Crippen molar-refractivity contribution in [1.29, 1.82) is 0 Å². The highest BCUT2D eigenvalue weighted by atomic mass is 127. The van der Waals surface area contributed by atoms with E-state index in [1.54, 1.807) is 24.3 Å².